The minimum absolute atomic E-state index is 0.315. The molecule has 2 aromatic rings. The van der Waals surface area contributed by atoms with Crippen LogP contribution in [0.5, 0.6) is 11.5 Å². The van der Waals surface area contributed by atoms with Gasteiger partial charge in [0.05, 0.1) is 17.8 Å². The molecule has 0 spiro atoms. The zero-order valence-electron chi connectivity index (χ0n) is 16.4. The third-order valence-electron chi connectivity index (χ3n) is 5.02. The van der Waals surface area contributed by atoms with E-state index in [-0.39, 0.29) is 11.2 Å². The molecular formula is C21H25BO5. The number of benzene rings is 2. The van der Waals surface area contributed by atoms with Crippen molar-refractivity contribution in [3.63, 3.8) is 0 Å². The van der Waals surface area contributed by atoms with Gasteiger partial charge < -0.3 is 18.8 Å². The first-order valence-electron chi connectivity index (χ1n) is 9.13. The molecule has 1 heterocycles. The molecule has 3 rings (SSSR count). The predicted molar refractivity (Wildman–Crippen MR) is 105 cm³/mol. The average molecular weight is 368 g/mol. The van der Waals surface area contributed by atoms with Crippen LogP contribution in [-0.4, -0.2) is 30.9 Å². The zero-order chi connectivity index (χ0) is 19.7. The van der Waals surface area contributed by atoms with E-state index in [2.05, 4.69) is 0 Å². The third-order valence-corrected chi connectivity index (χ3v) is 5.02. The SMILES string of the molecule is CCOC(=O)c1ccccc1Oc1ccc(B2OC(C)(C)C(C)(C)O2)cc1. The standard InChI is InChI=1S/C21H25BO5/c1-6-24-19(23)17-9-7-8-10-18(17)25-16-13-11-15(12-14-16)22-26-20(2,3)21(4,5)27-22/h7-14H,6H2,1-5H3. The van der Waals surface area contributed by atoms with E-state index in [0.717, 1.165) is 5.46 Å². The van der Waals surface area contributed by atoms with E-state index in [4.69, 9.17) is 18.8 Å². The maximum atomic E-state index is 12.1. The number of esters is 1. The molecule has 1 aliphatic rings. The van der Waals surface area contributed by atoms with Crippen LogP contribution in [0.1, 0.15) is 45.0 Å². The van der Waals surface area contributed by atoms with E-state index in [1.54, 1.807) is 25.1 Å². The van der Waals surface area contributed by atoms with Crippen molar-refractivity contribution in [3.05, 3.63) is 54.1 Å². The van der Waals surface area contributed by atoms with Crippen LogP contribution in [0.25, 0.3) is 0 Å². The molecular weight excluding hydrogens is 343 g/mol. The minimum atomic E-state index is -0.420. The van der Waals surface area contributed by atoms with E-state index in [1.165, 1.54) is 0 Å². The lowest BCUT2D eigenvalue weighted by molar-refractivity contribution is 0.00578. The number of carbonyl (C=O) groups is 1. The average Bonchev–Trinajstić information content (AvgIpc) is 2.84. The van der Waals surface area contributed by atoms with Crippen molar-refractivity contribution >= 4 is 18.6 Å². The fourth-order valence-electron chi connectivity index (χ4n) is 2.73. The van der Waals surface area contributed by atoms with Gasteiger partial charge in [0, 0.05) is 0 Å². The molecule has 0 saturated carbocycles. The number of hydrogen-bond donors (Lipinski definition) is 0. The molecule has 0 radical (unpaired) electrons. The van der Waals surface area contributed by atoms with E-state index in [9.17, 15) is 4.79 Å². The minimum Gasteiger partial charge on any atom is -0.462 e. The monoisotopic (exact) mass is 368 g/mol. The molecule has 0 atom stereocenters. The molecule has 1 fully saturated rings. The van der Waals surface area contributed by atoms with Gasteiger partial charge in [-0.1, -0.05) is 24.3 Å². The molecule has 0 N–H and O–H groups in total. The number of hydrogen-bond acceptors (Lipinski definition) is 5. The highest BCUT2D eigenvalue weighted by Gasteiger charge is 2.51. The summed E-state index contributed by atoms with van der Waals surface area (Å²) < 4.78 is 23.1. The van der Waals surface area contributed by atoms with Gasteiger partial charge in [-0.3, -0.25) is 0 Å². The van der Waals surface area contributed by atoms with E-state index in [0.29, 0.717) is 23.7 Å². The van der Waals surface area contributed by atoms with Gasteiger partial charge in [-0.2, -0.15) is 0 Å². The fraction of sp³-hybridized carbons (Fsp3) is 0.381. The van der Waals surface area contributed by atoms with Gasteiger partial charge in [-0.25, -0.2) is 4.79 Å². The molecule has 1 saturated heterocycles. The smallest absolute Gasteiger partial charge is 0.462 e. The van der Waals surface area contributed by atoms with E-state index < -0.39 is 13.1 Å². The second-order valence-electron chi connectivity index (χ2n) is 7.48. The van der Waals surface area contributed by atoms with Crippen molar-refractivity contribution in [2.24, 2.45) is 0 Å². The Hall–Kier alpha value is -2.31. The highest BCUT2D eigenvalue weighted by Crippen LogP contribution is 2.36. The normalized spacial score (nSPS) is 17.6. The molecule has 0 bridgehead atoms. The van der Waals surface area contributed by atoms with Crippen LogP contribution >= 0.6 is 0 Å². The summed E-state index contributed by atoms with van der Waals surface area (Å²) in [6.07, 6.45) is 0. The number of ether oxygens (including phenoxy) is 2. The van der Waals surface area contributed by atoms with E-state index >= 15 is 0 Å². The molecule has 0 amide bonds. The largest absolute Gasteiger partial charge is 0.494 e. The van der Waals surface area contributed by atoms with Crippen LogP contribution in [-0.2, 0) is 14.0 Å². The van der Waals surface area contributed by atoms with Crippen LogP contribution in [0.4, 0.5) is 0 Å². The molecule has 5 nitrogen and oxygen atoms in total. The summed E-state index contributed by atoms with van der Waals surface area (Å²) in [5.74, 6) is 0.674. The van der Waals surface area contributed by atoms with Gasteiger partial charge >= 0.3 is 13.1 Å². The molecule has 0 unspecified atom stereocenters. The lowest BCUT2D eigenvalue weighted by atomic mass is 9.79. The van der Waals surface area contributed by atoms with Gasteiger partial charge in [-0.05, 0) is 64.3 Å². The maximum absolute atomic E-state index is 12.1. The van der Waals surface area contributed by atoms with Gasteiger partial charge in [0.2, 0.25) is 0 Å². The summed E-state index contributed by atoms with van der Waals surface area (Å²) in [7, 11) is -0.420. The highest BCUT2D eigenvalue weighted by atomic mass is 16.7. The molecule has 6 heteroatoms. The second kappa shape index (κ2) is 7.37. The van der Waals surface area contributed by atoms with Gasteiger partial charge in [-0.15, -0.1) is 0 Å². The lowest BCUT2D eigenvalue weighted by Crippen LogP contribution is -2.41. The summed E-state index contributed by atoms with van der Waals surface area (Å²) in [5, 5.41) is 0. The zero-order valence-corrected chi connectivity index (χ0v) is 16.4. The molecule has 2 aromatic carbocycles. The van der Waals surface area contributed by atoms with Crippen molar-refractivity contribution in [2.45, 2.75) is 45.8 Å². The summed E-state index contributed by atoms with van der Waals surface area (Å²) in [6.45, 7) is 10.2. The highest BCUT2D eigenvalue weighted by molar-refractivity contribution is 6.62. The van der Waals surface area contributed by atoms with Crippen molar-refractivity contribution in [2.75, 3.05) is 6.61 Å². The molecule has 1 aliphatic heterocycles. The summed E-state index contributed by atoms with van der Waals surface area (Å²) >= 11 is 0. The summed E-state index contributed by atoms with van der Waals surface area (Å²) in [5.41, 5.74) is 0.547. The molecule has 27 heavy (non-hydrogen) atoms. The van der Waals surface area contributed by atoms with Crippen LogP contribution in [0, 0.1) is 0 Å². The molecule has 0 aromatic heterocycles. The molecule has 142 valence electrons. The Kier molecular flexibility index (Phi) is 5.31. The predicted octanol–water partition coefficient (Wildman–Crippen LogP) is 3.95. The van der Waals surface area contributed by atoms with Crippen molar-refractivity contribution in [1.82, 2.24) is 0 Å². The van der Waals surface area contributed by atoms with Gasteiger partial charge in [0.15, 0.2) is 0 Å². The van der Waals surface area contributed by atoms with E-state index in [1.807, 2.05) is 58.0 Å². The van der Waals surface area contributed by atoms with Crippen LogP contribution < -0.4 is 10.2 Å². The maximum Gasteiger partial charge on any atom is 0.494 e. The summed E-state index contributed by atoms with van der Waals surface area (Å²) in [6, 6.07) is 14.5. The van der Waals surface area contributed by atoms with Crippen LogP contribution in [0.3, 0.4) is 0 Å². The second-order valence-corrected chi connectivity index (χ2v) is 7.48. The van der Waals surface area contributed by atoms with Crippen LogP contribution in [0.2, 0.25) is 0 Å². The molecule has 0 aliphatic carbocycles. The Bertz CT molecular complexity index is 798. The fourth-order valence-corrected chi connectivity index (χ4v) is 2.73. The number of carbonyl (C=O) groups excluding carboxylic acids is 1. The topological polar surface area (TPSA) is 54.0 Å². The van der Waals surface area contributed by atoms with Crippen LogP contribution in [0.15, 0.2) is 48.5 Å². The Morgan fingerprint density at radius 3 is 2.15 bits per heavy atom. The summed E-state index contributed by atoms with van der Waals surface area (Å²) in [4.78, 5) is 12.1. The first kappa shape index (κ1) is 19.5. The Labute approximate surface area is 160 Å². The Morgan fingerprint density at radius 2 is 1.56 bits per heavy atom. The Morgan fingerprint density at radius 1 is 0.963 bits per heavy atom. The number of rotatable bonds is 5. The first-order chi connectivity index (χ1) is 12.7. The number of para-hydroxylation sites is 1. The quantitative estimate of drug-likeness (QED) is 0.591. The third kappa shape index (κ3) is 4.02. The van der Waals surface area contributed by atoms with Crippen molar-refractivity contribution in [3.8, 4) is 11.5 Å². The first-order valence-corrected chi connectivity index (χ1v) is 9.13. The lowest BCUT2D eigenvalue weighted by Gasteiger charge is -2.32. The van der Waals surface area contributed by atoms with Crippen molar-refractivity contribution in [1.29, 1.82) is 0 Å². The Balaban J connectivity index is 1.75. The van der Waals surface area contributed by atoms with Gasteiger partial charge in [0.25, 0.3) is 0 Å². The van der Waals surface area contributed by atoms with Crippen molar-refractivity contribution < 1.29 is 23.6 Å². The van der Waals surface area contributed by atoms with Gasteiger partial charge in [0.1, 0.15) is 17.1 Å².